The lowest BCUT2D eigenvalue weighted by Gasteiger charge is -2.50. The van der Waals surface area contributed by atoms with Crippen molar-refractivity contribution in [3.8, 4) is 0 Å². The summed E-state index contributed by atoms with van der Waals surface area (Å²) >= 11 is 0. The van der Waals surface area contributed by atoms with Gasteiger partial charge in [-0.3, -0.25) is 4.79 Å². The molecule has 0 unspecified atom stereocenters. The lowest BCUT2D eigenvalue weighted by atomic mass is 9.88. The molecule has 2 aliphatic heterocycles. The van der Waals surface area contributed by atoms with Crippen LogP contribution in [0.3, 0.4) is 0 Å². The average Bonchev–Trinajstić information content (AvgIpc) is 2.97. The van der Waals surface area contributed by atoms with Crippen molar-refractivity contribution in [2.45, 2.75) is 105 Å². The van der Waals surface area contributed by atoms with E-state index < -0.39 is 136 Å². The van der Waals surface area contributed by atoms with Gasteiger partial charge in [-0.25, -0.2) is 4.79 Å². The van der Waals surface area contributed by atoms with Gasteiger partial charge in [0.05, 0.1) is 38.6 Å². The molecule has 0 saturated carbocycles. The molecule has 0 aromatic carbocycles. The maximum atomic E-state index is 12.5. The number of carboxylic acid groups (broad SMARTS) is 1. The minimum atomic E-state index is -3.06. The highest BCUT2D eigenvalue weighted by atomic mass is 16.8. The number of ether oxygens (including phenoxy) is 4. The molecular weight excluding hydrogens is 594 g/mol. The molecule has 2 rings (SSSR count). The number of aliphatic carboxylic acids is 1. The highest BCUT2D eigenvalue weighted by molar-refractivity contribution is 5.76. The second kappa shape index (κ2) is 16.0. The fourth-order valence-corrected chi connectivity index (χ4v) is 4.76. The van der Waals surface area contributed by atoms with Crippen LogP contribution in [0.2, 0.25) is 0 Å². The first-order chi connectivity index (χ1) is 20.1. The van der Waals surface area contributed by atoms with Gasteiger partial charge in [-0.05, 0) is 0 Å². The summed E-state index contributed by atoms with van der Waals surface area (Å²) in [5, 5.41) is 133. The summed E-state index contributed by atoms with van der Waals surface area (Å²) < 4.78 is 21.6. The van der Waals surface area contributed by atoms with Crippen molar-refractivity contribution in [3.05, 3.63) is 0 Å². The van der Waals surface area contributed by atoms with Gasteiger partial charge in [-0.15, -0.1) is 0 Å². The van der Waals surface area contributed by atoms with E-state index in [9.17, 15) is 70.9 Å². The number of aliphatic hydroxyl groups is 12. The van der Waals surface area contributed by atoms with Crippen molar-refractivity contribution in [2.24, 2.45) is 0 Å². The Labute approximate surface area is 243 Å². The van der Waals surface area contributed by atoms with Crippen LogP contribution in [0.1, 0.15) is 13.3 Å². The molecule has 15 atom stereocenters. The van der Waals surface area contributed by atoms with Gasteiger partial charge in [-0.2, -0.15) is 0 Å². The van der Waals surface area contributed by atoms with E-state index >= 15 is 0 Å². The lowest BCUT2D eigenvalue weighted by Crippen LogP contribution is -2.70. The normalized spacial score (nSPS) is 37.5. The van der Waals surface area contributed by atoms with E-state index in [0.717, 1.165) is 6.92 Å². The van der Waals surface area contributed by atoms with E-state index in [1.807, 2.05) is 0 Å². The third-order valence-corrected chi connectivity index (χ3v) is 7.11. The molecule has 0 spiro atoms. The lowest BCUT2D eigenvalue weighted by molar-refractivity contribution is -0.377. The van der Waals surface area contributed by atoms with E-state index in [0.29, 0.717) is 0 Å². The summed E-state index contributed by atoms with van der Waals surface area (Å²) in [6.45, 7) is -3.15. The Morgan fingerprint density at radius 2 is 1.51 bits per heavy atom. The number of aliphatic hydroxyl groups excluding tert-OH is 12. The molecule has 252 valence electrons. The number of rotatable bonds is 15. The Balaban J connectivity index is 2.49. The van der Waals surface area contributed by atoms with E-state index in [1.54, 1.807) is 0 Å². The monoisotopic (exact) mass is 635 g/mol. The molecule has 2 aliphatic rings. The van der Waals surface area contributed by atoms with Gasteiger partial charge in [0.2, 0.25) is 5.91 Å². The van der Waals surface area contributed by atoms with Crippen LogP contribution in [0, 0.1) is 0 Å². The largest absolute Gasteiger partial charge is 0.477 e. The maximum Gasteiger partial charge on any atom is 0.364 e. The molecule has 20 nitrogen and oxygen atoms in total. The van der Waals surface area contributed by atoms with E-state index in [1.165, 1.54) is 0 Å². The summed E-state index contributed by atoms with van der Waals surface area (Å²) in [5.41, 5.74) is 0. The highest BCUT2D eigenvalue weighted by Gasteiger charge is 2.59. The van der Waals surface area contributed by atoms with Crippen molar-refractivity contribution < 1.29 is 94.9 Å². The van der Waals surface area contributed by atoms with Gasteiger partial charge < -0.3 is 90.6 Å². The van der Waals surface area contributed by atoms with E-state index in [2.05, 4.69) is 5.32 Å². The minimum absolute atomic E-state index is 0.763. The van der Waals surface area contributed by atoms with Crippen LogP contribution in [-0.2, 0) is 28.5 Å². The van der Waals surface area contributed by atoms with Gasteiger partial charge in [0.1, 0.15) is 67.1 Å². The Morgan fingerprint density at radius 3 is 2.00 bits per heavy atom. The standard InChI is InChI=1S/C23H41NO19/c1-7(29)24-13-8(30)2-23(22(38)39,42-19(13)15(35)10(32)4-26)43-20-16(36)12(6-28)40-21(17(20)37)41-18(11(33)5-27)14(34)9(31)3-25/h8-21,25-28,30-37H,2-6H2,1H3,(H,24,29)(H,38,39)/t8-,9-,10+,11+,12+,13+,14+,15+,16+,17+,18+,19+,20-,21-,23-/m0/s1. The summed E-state index contributed by atoms with van der Waals surface area (Å²) in [5.74, 6) is -5.82. The number of hydrogen-bond acceptors (Lipinski definition) is 18. The van der Waals surface area contributed by atoms with Gasteiger partial charge >= 0.3 is 5.97 Å². The summed E-state index contributed by atoms with van der Waals surface area (Å²) in [4.78, 5) is 24.2. The van der Waals surface area contributed by atoms with Crippen LogP contribution in [-0.4, -0.2) is 196 Å². The van der Waals surface area contributed by atoms with Gasteiger partial charge in [0.15, 0.2) is 6.29 Å². The predicted molar refractivity (Wildman–Crippen MR) is 132 cm³/mol. The molecule has 0 aromatic heterocycles. The zero-order chi connectivity index (χ0) is 32.8. The molecule has 14 N–H and O–H groups in total. The third-order valence-electron chi connectivity index (χ3n) is 7.11. The molecule has 43 heavy (non-hydrogen) atoms. The first-order valence-corrected chi connectivity index (χ1v) is 13.1. The van der Waals surface area contributed by atoms with Crippen LogP contribution in [0.5, 0.6) is 0 Å². The van der Waals surface area contributed by atoms with Crippen molar-refractivity contribution in [1.29, 1.82) is 0 Å². The van der Waals surface area contributed by atoms with Crippen LogP contribution >= 0.6 is 0 Å². The van der Waals surface area contributed by atoms with Crippen LogP contribution in [0.15, 0.2) is 0 Å². The van der Waals surface area contributed by atoms with Crippen LogP contribution in [0.4, 0.5) is 0 Å². The van der Waals surface area contributed by atoms with Gasteiger partial charge in [-0.1, -0.05) is 0 Å². The Hall–Kier alpha value is -1.70. The first-order valence-electron chi connectivity index (χ1n) is 13.1. The van der Waals surface area contributed by atoms with Crippen molar-refractivity contribution in [2.75, 3.05) is 26.4 Å². The first kappa shape index (κ1) is 37.5. The van der Waals surface area contributed by atoms with Crippen molar-refractivity contribution in [3.63, 3.8) is 0 Å². The quantitative estimate of drug-likeness (QED) is 0.0794. The second-order valence-corrected chi connectivity index (χ2v) is 10.3. The Kier molecular flexibility index (Phi) is 14.0. The highest BCUT2D eigenvalue weighted by Crippen LogP contribution is 2.37. The summed E-state index contributed by atoms with van der Waals surface area (Å²) in [6, 6.07) is -1.56. The molecule has 2 fully saturated rings. The molecule has 0 aliphatic carbocycles. The maximum absolute atomic E-state index is 12.5. The SMILES string of the molecule is CC(=O)N[C@H]1[C@H]([C@H](O)[C@H](O)CO)O[C@@](O[C@@H]2[C@@H](O)[C@H](O[C@@H]([C@H](O)[C@@H](O)CO)[C@H](O)CO)O[C@H](CO)[C@H]2O)(C(=O)O)C[C@@H]1O. The van der Waals surface area contributed by atoms with Gasteiger partial charge in [0.25, 0.3) is 5.79 Å². The number of carbonyl (C=O) groups excluding carboxylic acids is 1. The van der Waals surface area contributed by atoms with Crippen molar-refractivity contribution in [1.82, 2.24) is 5.32 Å². The zero-order valence-electron chi connectivity index (χ0n) is 22.9. The second-order valence-electron chi connectivity index (χ2n) is 10.3. The van der Waals surface area contributed by atoms with Crippen LogP contribution in [0.25, 0.3) is 0 Å². The summed E-state index contributed by atoms with van der Waals surface area (Å²) in [6.07, 6.45) is -27.2. The predicted octanol–water partition coefficient (Wildman–Crippen LogP) is -8.59. The van der Waals surface area contributed by atoms with Gasteiger partial charge in [0, 0.05) is 13.3 Å². The number of nitrogens with one attached hydrogen (secondary N) is 1. The van der Waals surface area contributed by atoms with E-state index in [-0.39, 0.29) is 0 Å². The molecule has 2 saturated heterocycles. The fourth-order valence-electron chi connectivity index (χ4n) is 4.76. The van der Waals surface area contributed by atoms with E-state index in [4.69, 9.17) is 24.1 Å². The molecule has 0 radical (unpaired) electrons. The smallest absolute Gasteiger partial charge is 0.364 e. The Bertz CT molecular complexity index is 899. The number of hydrogen-bond donors (Lipinski definition) is 14. The summed E-state index contributed by atoms with van der Waals surface area (Å²) in [7, 11) is 0. The number of carboxylic acids is 1. The third kappa shape index (κ3) is 8.52. The fraction of sp³-hybridized carbons (Fsp3) is 0.913. The van der Waals surface area contributed by atoms with Crippen molar-refractivity contribution >= 4 is 11.9 Å². The number of carbonyl (C=O) groups is 2. The zero-order valence-corrected chi connectivity index (χ0v) is 22.9. The minimum Gasteiger partial charge on any atom is -0.477 e. The average molecular weight is 636 g/mol. The van der Waals surface area contributed by atoms with Crippen LogP contribution < -0.4 is 5.32 Å². The topological polar surface area (TPSA) is 346 Å². The number of amides is 1. The molecule has 2 heterocycles. The molecule has 0 bridgehead atoms. The molecule has 20 heteroatoms. The molecule has 1 amide bonds. The Morgan fingerprint density at radius 1 is 0.930 bits per heavy atom. The molecular formula is C23H41NO19. The molecule has 0 aromatic rings.